The van der Waals surface area contributed by atoms with E-state index in [1.807, 2.05) is 24.7 Å². The van der Waals surface area contributed by atoms with E-state index in [9.17, 15) is 14.5 Å². The maximum absolute atomic E-state index is 14.0. The molecule has 2 rings (SSSR count). The normalized spacial score (nSPS) is 10.7. The third-order valence-electron chi connectivity index (χ3n) is 3.33. The Hall–Kier alpha value is -2.44. The van der Waals surface area contributed by atoms with Crippen LogP contribution in [0.2, 0.25) is 0 Å². The second-order valence-corrected chi connectivity index (χ2v) is 4.84. The minimum absolute atomic E-state index is 0.250. The molecule has 112 valence electrons. The van der Waals surface area contributed by atoms with Gasteiger partial charge < -0.3 is 4.90 Å². The van der Waals surface area contributed by atoms with Gasteiger partial charge in [-0.1, -0.05) is 0 Å². The Balaban J connectivity index is 2.21. The molecule has 0 aliphatic heterocycles. The average Bonchev–Trinajstić information content (AvgIpc) is 2.79. The number of nitrogens with zero attached hydrogens (tertiary/aromatic N) is 4. The van der Waals surface area contributed by atoms with E-state index < -0.39 is 10.7 Å². The zero-order chi connectivity index (χ0) is 15.6. The molecule has 0 aliphatic rings. The van der Waals surface area contributed by atoms with Crippen molar-refractivity contribution in [2.75, 3.05) is 11.9 Å². The summed E-state index contributed by atoms with van der Waals surface area (Å²) >= 11 is 0. The predicted molar refractivity (Wildman–Crippen MR) is 77.8 cm³/mol. The van der Waals surface area contributed by atoms with E-state index >= 15 is 0 Å². The van der Waals surface area contributed by atoms with Crippen LogP contribution in [0.5, 0.6) is 0 Å². The SMILES string of the molecule is CCn1cc(CN(C)c2ccc([N+](=O)[O-])cc2F)c(C)n1. The summed E-state index contributed by atoms with van der Waals surface area (Å²) in [6, 6.07) is 3.67. The quantitative estimate of drug-likeness (QED) is 0.628. The van der Waals surface area contributed by atoms with Crippen LogP contribution < -0.4 is 4.90 Å². The Morgan fingerprint density at radius 3 is 2.71 bits per heavy atom. The number of non-ortho nitro benzene ring substituents is 1. The molecule has 1 aromatic carbocycles. The number of nitro groups is 1. The third-order valence-corrected chi connectivity index (χ3v) is 3.33. The van der Waals surface area contributed by atoms with Crippen LogP contribution in [0.3, 0.4) is 0 Å². The fourth-order valence-electron chi connectivity index (χ4n) is 2.14. The Labute approximate surface area is 121 Å². The number of halogens is 1. The lowest BCUT2D eigenvalue weighted by Gasteiger charge is -2.19. The molecule has 2 aromatic rings. The number of aryl methyl sites for hydroxylation is 2. The lowest BCUT2D eigenvalue weighted by atomic mass is 10.2. The maximum Gasteiger partial charge on any atom is 0.272 e. The highest BCUT2D eigenvalue weighted by Gasteiger charge is 2.15. The zero-order valence-corrected chi connectivity index (χ0v) is 12.2. The summed E-state index contributed by atoms with van der Waals surface area (Å²) in [5.41, 5.74) is 1.96. The van der Waals surface area contributed by atoms with Crippen molar-refractivity contribution in [2.24, 2.45) is 0 Å². The number of hydrogen-bond donors (Lipinski definition) is 0. The van der Waals surface area contributed by atoms with E-state index in [2.05, 4.69) is 5.10 Å². The Bertz CT molecular complexity index is 669. The van der Waals surface area contributed by atoms with E-state index in [1.54, 1.807) is 11.9 Å². The molecule has 0 saturated carbocycles. The summed E-state index contributed by atoms with van der Waals surface area (Å²) in [6.07, 6.45) is 1.93. The fourth-order valence-corrected chi connectivity index (χ4v) is 2.14. The second-order valence-electron chi connectivity index (χ2n) is 4.84. The van der Waals surface area contributed by atoms with Crippen LogP contribution in [0.4, 0.5) is 15.8 Å². The number of rotatable bonds is 5. The summed E-state index contributed by atoms with van der Waals surface area (Å²) in [4.78, 5) is 11.7. The molecule has 0 aliphatic carbocycles. The highest BCUT2D eigenvalue weighted by molar-refractivity contribution is 5.52. The minimum atomic E-state index is -0.609. The van der Waals surface area contributed by atoms with Crippen LogP contribution >= 0.6 is 0 Å². The molecule has 0 fully saturated rings. The minimum Gasteiger partial charge on any atom is -0.368 e. The van der Waals surface area contributed by atoms with Gasteiger partial charge in [-0.25, -0.2) is 4.39 Å². The van der Waals surface area contributed by atoms with Crippen LogP contribution in [0.25, 0.3) is 0 Å². The molecule has 0 bridgehead atoms. The van der Waals surface area contributed by atoms with Crippen LogP contribution in [-0.2, 0) is 13.1 Å². The lowest BCUT2D eigenvalue weighted by Crippen LogP contribution is -2.18. The van der Waals surface area contributed by atoms with Gasteiger partial charge in [0.2, 0.25) is 0 Å². The third kappa shape index (κ3) is 3.18. The van der Waals surface area contributed by atoms with Crippen molar-refractivity contribution in [2.45, 2.75) is 26.9 Å². The van der Waals surface area contributed by atoms with Gasteiger partial charge in [-0.2, -0.15) is 5.10 Å². The number of aromatic nitrogens is 2. The van der Waals surface area contributed by atoms with Gasteiger partial charge in [0, 0.05) is 38.0 Å². The number of nitro benzene ring substituents is 1. The standard InChI is InChI=1S/C14H17FN4O2/c1-4-18-9-11(10(2)16-18)8-17(3)14-6-5-12(19(20)21)7-13(14)15/h5-7,9H,4,8H2,1-3H3. The first kappa shape index (κ1) is 15.0. The van der Waals surface area contributed by atoms with Gasteiger partial charge in [-0.3, -0.25) is 14.8 Å². The van der Waals surface area contributed by atoms with Crippen molar-refractivity contribution >= 4 is 11.4 Å². The van der Waals surface area contributed by atoms with Gasteiger partial charge in [0.15, 0.2) is 5.82 Å². The van der Waals surface area contributed by atoms with Gasteiger partial charge in [0.1, 0.15) is 0 Å². The van der Waals surface area contributed by atoms with Crippen LogP contribution in [0, 0.1) is 22.9 Å². The first-order valence-electron chi connectivity index (χ1n) is 6.60. The fraction of sp³-hybridized carbons (Fsp3) is 0.357. The first-order valence-corrected chi connectivity index (χ1v) is 6.60. The lowest BCUT2D eigenvalue weighted by molar-refractivity contribution is -0.385. The van der Waals surface area contributed by atoms with Gasteiger partial charge in [-0.05, 0) is 19.9 Å². The highest BCUT2D eigenvalue weighted by atomic mass is 19.1. The van der Waals surface area contributed by atoms with Crippen LogP contribution in [0.15, 0.2) is 24.4 Å². The summed E-state index contributed by atoms with van der Waals surface area (Å²) < 4.78 is 15.8. The maximum atomic E-state index is 14.0. The number of hydrogen-bond acceptors (Lipinski definition) is 4. The van der Waals surface area contributed by atoms with E-state index in [0.717, 1.165) is 23.9 Å². The molecule has 1 heterocycles. The van der Waals surface area contributed by atoms with Crippen LogP contribution in [0.1, 0.15) is 18.2 Å². The molecule has 0 radical (unpaired) electrons. The smallest absolute Gasteiger partial charge is 0.272 e. The topological polar surface area (TPSA) is 64.2 Å². The molecule has 21 heavy (non-hydrogen) atoms. The van der Waals surface area contributed by atoms with E-state index in [-0.39, 0.29) is 5.69 Å². The molecular weight excluding hydrogens is 275 g/mol. The first-order chi connectivity index (χ1) is 9.92. The van der Waals surface area contributed by atoms with Gasteiger partial charge in [-0.15, -0.1) is 0 Å². The average molecular weight is 292 g/mol. The van der Waals surface area contributed by atoms with Gasteiger partial charge in [0.05, 0.1) is 22.4 Å². The molecule has 0 spiro atoms. The molecule has 0 atom stereocenters. The largest absolute Gasteiger partial charge is 0.368 e. The molecule has 0 amide bonds. The van der Waals surface area contributed by atoms with E-state index in [4.69, 9.17) is 0 Å². The molecule has 1 aromatic heterocycles. The summed E-state index contributed by atoms with van der Waals surface area (Å²) in [7, 11) is 1.74. The molecule has 0 saturated heterocycles. The van der Waals surface area contributed by atoms with Crippen molar-refractivity contribution < 1.29 is 9.31 Å². The van der Waals surface area contributed by atoms with Gasteiger partial charge in [0.25, 0.3) is 5.69 Å². The molecule has 0 N–H and O–H groups in total. The van der Waals surface area contributed by atoms with E-state index in [1.165, 1.54) is 12.1 Å². The van der Waals surface area contributed by atoms with Crippen LogP contribution in [-0.4, -0.2) is 21.8 Å². The number of anilines is 1. The van der Waals surface area contributed by atoms with Crippen molar-refractivity contribution in [1.29, 1.82) is 0 Å². The summed E-state index contributed by atoms with van der Waals surface area (Å²) in [6.45, 7) is 5.16. The molecule has 6 nitrogen and oxygen atoms in total. The van der Waals surface area contributed by atoms with Crippen molar-refractivity contribution in [1.82, 2.24) is 9.78 Å². The Morgan fingerprint density at radius 1 is 1.48 bits per heavy atom. The molecule has 7 heteroatoms. The Morgan fingerprint density at radius 2 is 2.19 bits per heavy atom. The van der Waals surface area contributed by atoms with Crippen molar-refractivity contribution in [3.05, 3.63) is 51.6 Å². The molecule has 0 unspecified atom stereocenters. The van der Waals surface area contributed by atoms with Crippen molar-refractivity contribution in [3.63, 3.8) is 0 Å². The second kappa shape index (κ2) is 5.90. The number of benzene rings is 1. The van der Waals surface area contributed by atoms with E-state index in [0.29, 0.717) is 12.2 Å². The highest BCUT2D eigenvalue weighted by Crippen LogP contribution is 2.24. The zero-order valence-electron chi connectivity index (χ0n) is 12.2. The summed E-state index contributed by atoms with van der Waals surface area (Å²) in [5, 5.41) is 15.0. The predicted octanol–water partition coefficient (Wildman–Crippen LogP) is 2.90. The monoisotopic (exact) mass is 292 g/mol. The van der Waals surface area contributed by atoms with Crippen molar-refractivity contribution in [3.8, 4) is 0 Å². The molecular formula is C14H17FN4O2. The Kier molecular flexibility index (Phi) is 4.21. The summed E-state index contributed by atoms with van der Waals surface area (Å²) in [5.74, 6) is -0.604. The van der Waals surface area contributed by atoms with Gasteiger partial charge >= 0.3 is 0 Å².